The quantitative estimate of drug-likeness (QED) is 0.384. The molecule has 0 saturated heterocycles. The molecule has 0 atom stereocenters. The van der Waals surface area contributed by atoms with Gasteiger partial charge in [-0.2, -0.15) is 0 Å². The third-order valence-electron chi connectivity index (χ3n) is 4.65. The van der Waals surface area contributed by atoms with Crippen LogP contribution in [0.25, 0.3) is 0 Å². The van der Waals surface area contributed by atoms with Crippen LogP contribution in [0.2, 0.25) is 0 Å². The summed E-state index contributed by atoms with van der Waals surface area (Å²) in [6.07, 6.45) is 0. The molecule has 1 heterocycles. The van der Waals surface area contributed by atoms with E-state index in [9.17, 15) is 29.4 Å². The molecule has 1 aliphatic rings. The van der Waals surface area contributed by atoms with Crippen molar-refractivity contribution in [2.45, 2.75) is 0 Å². The number of carbonyl (C=O) groups excluding carboxylic acids is 2. The van der Waals surface area contributed by atoms with Crippen LogP contribution in [0.3, 0.4) is 0 Å². The highest BCUT2D eigenvalue weighted by Gasteiger charge is 2.28. The van der Waals surface area contributed by atoms with Crippen LogP contribution in [0.15, 0.2) is 60.7 Å². The summed E-state index contributed by atoms with van der Waals surface area (Å²) >= 11 is 0. The Bertz CT molecular complexity index is 1170. The lowest BCUT2D eigenvalue weighted by Gasteiger charge is -2.16. The summed E-state index contributed by atoms with van der Waals surface area (Å²) in [6, 6.07) is 15.1. The molecule has 3 aromatic carbocycles. The second-order valence-electron chi connectivity index (χ2n) is 6.75. The zero-order chi connectivity index (χ0) is 22.1. The minimum Gasteiger partial charge on any atom is -0.478 e. The number of aromatic carboxylic acids is 2. The van der Waals surface area contributed by atoms with E-state index in [1.54, 1.807) is 24.3 Å². The molecule has 1 aliphatic heterocycles. The first-order chi connectivity index (χ1) is 14.8. The molecule has 2 amide bonds. The van der Waals surface area contributed by atoms with Gasteiger partial charge in [0.2, 0.25) is 0 Å². The molecule has 0 aromatic heterocycles. The van der Waals surface area contributed by atoms with Gasteiger partial charge in [0.25, 0.3) is 11.8 Å². The minimum atomic E-state index is -1.09. The van der Waals surface area contributed by atoms with Crippen molar-refractivity contribution in [3.63, 3.8) is 0 Å². The highest BCUT2D eigenvalue weighted by molar-refractivity contribution is 6.22. The predicted octanol–water partition coefficient (Wildman–Crippen LogP) is 3.45. The SMILES string of the molecule is O=C(O)c1cccc(Nc2cc3c(cc2Nc2cccc(C(=O)O)c2)C(=O)NC3=O)c1. The van der Waals surface area contributed by atoms with Crippen molar-refractivity contribution in [1.29, 1.82) is 0 Å². The van der Waals surface area contributed by atoms with Crippen LogP contribution in [0.5, 0.6) is 0 Å². The Morgan fingerprint density at radius 2 is 1.10 bits per heavy atom. The number of benzene rings is 3. The summed E-state index contributed by atoms with van der Waals surface area (Å²) in [6.45, 7) is 0. The number of carbonyl (C=O) groups is 4. The maximum atomic E-state index is 12.1. The Balaban J connectivity index is 1.77. The molecule has 0 unspecified atom stereocenters. The van der Waals surface area contributed by atoms with Crippen molar-refractivity contribution in [3.05, 3.63) is 82.9 Å². The zero-order valence-electron chi connectivity index (χ0n) is 15.8. The van der Waals surface area contributed by atoms with E-state index in [4.69, 9.17) is 0 Å². The second-order valence-corrected chi connectivity index (χ2v) is 6.75. The van der Waals surface area contributed by atoms with Crippen molar-refractivity contribution in [2.24, 2.45) is 0 Å². The third-order valence-corrected chi connectivity index (χ3v) is 4.65. The van der Waals surface area contributed by atoms with Gasteiger partial charge in [0, 0.05) is 11.4 Å². The predicted molar refractivity (Wildman–Crippen MR) is 112 cm³/mol. The van der Waals surface area contributed by atoms with Gasteiger partial charge in [-0.1, -0.05) is 12.1 Å². The second kappa shape index (κ2) is 7.64. The number of nitrogens with one attached hydrogen (secondary N) is 3. The van der Waals surface area contributed by atoms with Crippen molar-refractivity contribution in [2.75, 3.05) is 10.6 Å². The van der Waals surface area contributed by atoms with Crippen molar-refractivity contribution in [1.82, 2.24) is 5.32 Å². The maximum absolute atomic E-state index is 12.1. The van der Waals surface area contributed by atoms with E-state index < -0.39 is 23.8 Å². The zero-order valence-corrected chi connectivity index (χ0v) is 15.8. The smallest absolute Gasteiger partial charge is 0.335 e. The monoisotopic (exact) mass is 417 g/mol. The molecule has 0 fully saturated rings. The lowest BCUT2D eigenvalue weighted by atomic mass is 10.1. The van der Waals surface area contributed by atoms with Crippen molar-refractivity contribution >= 4 is 46.5 Å². The van der Waals surface area contributed by atoms with Crippen molar-refractivity contribution < 1.29 is 29.4 Å². The topological polar surface area (TPSA) is 145 Å². The standard InChI is InChI=1S/C22H15N3O6/c26-19-15-9-17(23-13-5-1-3-11(7-13)21(28)29)18(10-16(15)20(27)25-19)24-14-6-2-4-12(8-14)22(30)31/h1-10,23-24H,(H,28,29)(H,30,31)(H,25,26,27). The molecule has 9 heteroatoms. The van der Waals surface area contributed by atoms with E-state index in [-0.39, 0.29) is 22.3 Å². The molecular formula is C22H15N3O6. The molecule has 3 aromatic rings. The molecule has 4 rings (SSSR count). The van der Waals surface area contributed by atoms with E-state index >= 15 is 0 Å². The molecule has 0 spiro atoms. The lowest BCUT2D eigenvalue weighted by molar-refractivity contribution is 0.0686. The Morgan fingerprint density at radius 3 is 1.48 bits per heavy atom. The van der Waals surface area contributed by atoms with Gasteiger partial charge < -0.3 is 20.8 Å². The number of amides is 2. The number of rotatable bonds is 6. The molecule has 0 radical (unpaired) electrons. The molecular weight excluding hydrogens is 402 g/mol. The van der Waals surface area contributed by atoms with Gasteiger partial charge in [-0.25, -0.2) is 9.59 Å². The Morgan fingerprint density at radius 1 is 0.677 bits per heavy atom. The fourth-order valence-corrected chi connectivity index (χ4v) is 3.19. The van der Waals surface area contributed by atoms with Gasteiger partial charge in [0.1, 0.15) is 0 Å². The first kappa shape index (κ1) is 19.6. The van der Waals surface area contributed by atoms with Crippen LogP contribution >= 0.6 is 0 Å². The molecule has 0 aliphatic carbocycles. The van der Waals surface area contributed by atoms with Crippen LogP contribution in [0.1, 0.15) is 41.4 Å². The van der Waals surface area contributed by atoms with E-state index in [1.165, 1.54) is 36.4 Å². The molecule has 0 saturated carbocycles. The summed E-state index contributed by atoms with van der Waals surface area (Å²) in [7, 11) is 0. The fraction of sp³-hybridized carbons (Fsp3) is 0. The summed E-state index contributed by atoms with van der Waals surface area (Å²) in [5.74, 6) is -3.26. The minimum absolute atomic E-state index is 0.0720. The van der Waals surface area contributed by atoms with E-state index in [2.05, 4.69) is 16.0 Å². The molecule has 31 heavy (non-hydrogen) atoms. The van der Waals surface area contributed by atoms with Gasteiger partial charge in [-0.05, 0) is 48.5 Å². The fourth-order valence-electron chi connectivity index (χ4n) is 3.19. The summed E-state index contributed by atoms with van der Waals surface area (Å²) in [5.41, 5.74) is 2.18. The van der Waals surface area contributed by atoms with Crippen LogP contribution in [-0.2, 0) is 0 Å². The molecule has 0 bridgehead atoms. The van der Waals surface area contributed by atoms with E-state index in [0.717, 1.165) is 0 Å². The summed E-state index contributed by atoms with van der Waals surface area (Å²) < 4.78 is 0. The summed E-state index contributed by atoms with van der Waals surface area (Å²) in [5, 5.41) is 26.8. The largest absolute Gasteiger partial charge is 0.478 e. The highest BCUT2D eigenvalue weighted by atomic mass is 16.4. The van der Waals surface area contributed by atoms with Crippen LogP contribution in [-0.4, -0.2) is 34.0 Å². The number of carboxylic acid groups (broad SMARTS) is 2. The maximum Gasteiger partial charge on any atom is 0.335 e. The lowest BCUT2D eigenvalue weighted by Crippen LogP contribution is -2.19. The molecule has 9 nitrogen and oxygen atoms in total. The third kappa shape index (κ3) is 3.92. The number of hydrogen-bond acceptors (Lipinski definition) is 6. The average molecular weight is 417 g/mol. The number of fused-ring (bicyclic) bond motifs is 1. The Hall–Kier alpha value is -4.66. The van der Waals surface area contributed by atoms with Gasteiger partial charge in [0.05, 0.1) is 33.6 Å². The van der Waals surface area contributed by atoms with Crippen LogP contribution < -0.4 is 16.0 Å². The Labute approximate surface area is 175 Å². The van der Waals surface area contributed by atoms with Gasteiger partial charge in [-0.15, -0.1) is 0 Å². The average Bonchev–Trinajstić information content (AvgIpc) is 3.01. The molecule has 5 N–H and O–H groups in total. The van der Waals surface area contributed by atoms with Gasteiger partial charge in [-0.3, -0.25) is 14.9 Å². The number of carboxylic acids is 2. The first-order valence-corrected chi connectivity index (χ1v) is 9.06. The Kier molecular flexibility index (Phi) is 4.84. The number of hydrogen-bond donors (Lipinski definition) is 5. The van der Waals surface area contributed by atoms with E-state index in [0.29, 0.717) is 22.7 Å². The van der Waals surface area contributed by atoms with Crippen LogP contribution in [0, 0.1) is 0 Å². The highest BCUT2D eigenvalue weighted by Crippen LogP contribution is 2.34. The summed E-state index contributed by atoms with van der Waals surface area (Å²) in [4.78, 5) is 46.7. The van der Waals surface area contributed by atoms with Gasteiger partial charge >= 0.3 is 11.9 Å². The van der Waals surface area contributed by atoms with E-state index in [1.807, 2.05) is 0 Å². The number of imide groups is 1. The normalized spacial score (nSPS) is 12.1. The van der Waals surface area contributed by atoms with Crippen LogP contribution in [0.4, 0.5) is 22.7 Å². The molecule has 154 valence electrons. The van der Waals surface area contributed by atoms with Gasteiger partial charge in [0.15, 0.2) is 0 Å². The van der Waals surface area contributed by atoms with Crippen molar-refractivity contribution in [3.8, 4) is 0 Å². The number of anilines is 4. The first-order valence-electron chi connectivity index (χ1n) is 9.06.